The molecule has 0 aliphatic heterocycles. The number of nitrogens with zero attached hydrogens (tertiary/aromatic N) is 2. The van der Waals surface area contributed by atoms with E-state index in [1.807, 2.05) is 13.1 Å². The molecule has 7 nitrogen and oxygen atoms in total. The zero-order chi connectivity index (χ0) is 14.8. The van der Waals surface area contributed by atoms with Crippen molar-refractivity contribution in [1.82, 2.24) is 9.78 Å². The van der Waals surface area contributed by atoms with Crippen LogP contribution in [0.5, 0.6) is 0 Å². The van der Waals surface area contributed by atoms with E-state index in [-0.39, 0.29) is 10.6 Å². The van der Waals surface area contributed by atoms with Gasteiger partial charge in [0.15, 0.2) is 0 Å². The van der Waals surface area contributed by atoms with Crippen LogP contribution in [0.15, 0.2) is 35.4 Å². The summed E-state index contributed by atoms with van der Waals surface area (Å²) in [4.78, 5) is -0.0666. The van der Waals surface area contributed by atoms with Crippen LogP contribution in [0.4, 0.5) is 11.4 Å². The molecule has 0 saturated carbocycles. The smallest absolute Gasteiger partial charge is 0.240 e. The summed E-state index contributed by atoms with van der Waals surface area (Å²) in [6, 6.07) is 6.62. The Morgan fingerprint density at radius 2 is 2.10 bits per heavy atom. The number of hydrogen-bond acceptors (Lipinski definition) is 5. The maximum Gasteiger partial charge on any atom is 0.240 e. The lowest BCUT2D eigenvalue weighted by molar-refractivity contribution is 0.598. The van der Waals surface area contributed by atoms with E-state index in [1.165, 1.54) is 6.07 Å². The van der Waals surface area contributed by atoms with Crippen LogP contribution >= 0.6 is 0 Å². The second kappa shape index (κ2) is 5.51. The molecule has 108 valence electrons. The molecular formula is C12H17N5O2S. The second-order valence-corrected chi connectivity index (χ2v) is 5.92. The number of primary sulfonamides is 1. The Labute approximate surface area is 117 Å². The zero-order valence-corrected chi connectivity index (χ0v) is 11.9. The van der Waals surface area contributed by atoms with Gasteiger partial charge in [-0.2, -0.15) is 5.10 Å². The van der Waals surface area contributed by atoms with Crippen LogP contribution in [-0.4, -0.2) is 24.7 Å². The third-order valence-electron chi connectivity index (χ3n) is 2.99. The lowest BCUT2D eigenvalue weighted by Gasteiger charge is -2.12. The van der Waals surface area contributed by atoms with Crippen molar-refractivity contribution in [2.75, 3.05) is 17.6 Å². The van der Waals surface area contributed by atoms with Crippen molar-refractivity contribution in [3.05, 3.63) is 36.2 Å². The molecule has 1 aromatic carbocycles. The molecule has 0 spiro atoms. The Morgan fingerprint density at radius 3 is 2.70 bits per heavy atom. The average molecular weight is 295 g/mol. The molecule has 0 unspecified atom stereocenters. The predicted octanol–water partition coefficient (Wildman–Crippen LogP) is 0.304. The van der Waals surface area contributed by atoms with Gasteiger partial charge in [-0.3, -0.25) is 4.68 Å². The number of aryl methyl sites for hydroxylation is 1. The van der Waals surface area contributed by atoms with Crippen LogP contribution in [0, 0.1) is 0 Å². The molecular weight excluding hydrogens is 278 g/mol. The number of anilines is 2. The first kappa shape index (κ1) is 14.4. The number of rotatable bonds is 5. The Bertz CT molecular complexity index is 708. The Kier molecular flexibility index (Phi) is 3.96. The van der Waals surface area contributed by atoms with Gasteiger partial charge in [-0.05, 0) is 18.2 Å². The van der Waals surface area contributed by atoms with E-state index < -0.39 is 10.0 Å². The maximum atomic E-state index is 11.4. The van der Waals surface area contributed by atoms with Gasteiger partial charge in [-0.1, -0.05) is 6.07 Å². The number of benzene rings is 1. The van der Waals surface area contributed by atoms with E-state index in [1.54, 1.807) is 23.0 Å². The first-order chi connectivity index (χ1) is 9.39. The standard InChI is InChI=1S/C12H17N5O2S/c1-17-9(6-8-16-17)5-7-15-10-3-2-4-11(12(10)13)20(14,18)19/h2-4,6,8,15H,5,7,13H2,1H3,(H2,14,18,19). The van der Waals surface area contributed by atoms with Gasteiger partial charge in [0.05, 0.1) is 11.4 Å². The lowest BCUT2D eigenvalue weighted by Crippen LogP contribution is -2.16. The summed E-state index contributed by atoms with van der Waals surface area (Å²) in [7, 11) is -1.94. The number of hydrogen-bond donors (Lipinski definition) is 3. The van der Waals surface area contributed by atoms with Crippen molar-refractivity contribution in [2.45, 2.75) is 11.3 Å². The average Bonchev–Trinajstić information content (AvgIpc) is 2.76. The molecule has 5 N–H and O–H groups in total. The van der Waals surface area contributed by atoms with Crippen LogP contribution in [0.2, 0.25) is 0 Å². The highest BCUT2D eigenvalue weighted by atomic mass is 32.2. The van der Waals surface area contributed by atoms with Gasteiger partial charge in [-0.15, -0.1) is 0 Å². The van der Waals surface area contributed by atoms with E-state index in [2.05, 4.69) is 10.4 Å². The van der Waals surface area contributed by atoms with Crippen LogP contribution in [-0.2, 0) is 23.5 Å². The highest BCUT2D eigenvalue weighted by Crippen LogP contribution is 2.25. The van der Waals surface area contributed by atoms with E-state index >= 15 is 0 Å². The van der Waals surface area contributed by atoms with Crippen molar-refractivity contribution >= 4 is 21.4 Å². The molecule has 1 aromatic heterocycles. The third kappa shape index (κ3) is 3.09. The molecule has 0 radical (unpaired) electrons. The minimum atomic E-state index is -3.81. The topological polar surface area (TPSA) is 116 Å². The van der Waals surface area contributed by atoms with Crippen molar-refractivity contribution in [1.29, 1.82) is 0 Å². The van der Waals surface area contributed by atoms with E-state index in [0.717, 1.165) is 12.1 Å². The molecule has 0 atom stereocenters. The van der Waals surface area contributed by atoms with Crippen molar-refractivity contribution in [3.8, 4) is 0 Å². The quantitative estimate of drug-likeness (QED) is 0.686. The minimum Gasteiger partial charge on any atom is -0.396 e. The van der Waals surface area contributed by atoms with Crippen molar-refractivity contribution in [3.63, 3.8) is 0 Å². The summed E-state index contributed by atoms with van der Waals surface area (Å²) in [5.74, 6) is 0. The monoisotopic (exact) mass is 295 g/mol. The van der Waals surface area contributed by atoms with Gasteiger partial charge < -0.3 is 11.1 Å². The Balaban J connectivity index is 2.09. The number of nitrogens with two attached hydrogens (primary N) is 2. The molecule has 0 aliphatic carbocycles. The summed E-state index contributed by atoms with van der Waals surface area (Å²) in [5, 5.41) is 12.3. The van der Waals surface area contributed by atoms with Crippen molar-refractivity contribution < 1.29 is 8.42 Å². The molecule has 20 heavy (non-hydrogen) atoms. The maximum absolute atomic E-state index is 11.4. The fourth-order valence-electron chi connectivity index (χ4n) is 1.92. The normalized spacial score (nSPS) is 11.5. The number of aromatic nitrogens is 2. The summed E-state index contributed by atoms with van der Waals surface area (Å²) >= 11 is 0. The van der Waals surface area contributed by atoms with Gasteiger partial charge in [0, 0.05) is 31.9 Å². The predicted molar refractivity (Wildman–Crippen MR) is 77.6 cm³/mol. The fourth-order valence-corrected chi connectivity index (χ4v) is 2.60. The summed E-state index contributed by atoms with van der Waals surface area (Å²) in [6.45, 7) is 0.609. The van der Waals surface area contributed by atoms with E-state index in [9.17, 15) is 8.42 Å². The van der Waals surface area contributed by atoms with E-state index in [4.69, 9.17) is 10.9 Å². The molecule has 0 amide bonds. The minimum absolute atomic E-state index is 0.0666. The number of nitrogens with one attached hydrogen (secondary N) is 1. The first-order valence-corrected chi connectivity index (χ1v) is 7.56. The lowest BCUT2D eigenvalue weighted by atomic mass is 10.2. The van der Waals surface area contributed by atoms with Crippen LogP contribution in [0.25, 0.3) is 0 Å². The molecule has 0 fully saturated rings. The van der Waals surface area contributed by atoms with E-state index in [0.29, 0.717) is 12.2 Å². The summed E-state index contributed by atoms with van der Waals surface area (Å²) in [6.07, 6.45) is 2.47. The van der Waals surface area contributed by atoms with Gasteiger partial charge in [0.2, 0.25) is 10.0 Å². The van der Waals surface area contributed by atoms with Gasteiger partial charge in [0.25, 0.3) is 0 Å². The molecule has 0 bridgehead atoms. The summed E-state index contributed by atoms with van der Waals surface area (Å²) < 4.78 is 24.5. The highest BCUT2D eigenvalue weighted by molar-refractivity contribution is 7.89. The molecule has 8 heteroatoms. The van der Waals surface area contributed by atoms with Crippen molar-refractivity contribution in [2.24, 2.45) is 12.2 Å². The van der Waals surface area contributed by atoms with Crippen LogP contribution < -0.4 is 16.2 Å². The van der Waals surface area contributed by atoms with Crippen LogP contribution in [0.3, 0.4) is 0 Å². The molecule has 2 rings (SSSR count). The fraction of sp³-hybridized carbons (Fsp3) is 0.250. The molecule has 1 heterocycles. The number of nitrogen functional groups attached to an aromatic ring is 1. The molecule has 2 aromatic rings. The molecule has 0 saturated heterocycles. The van der Waals surface area contributed by atoms with Crippen LogP contribution in [0.1, 0.15) is 5.69 Å². The second-order valence-electron chi connectivity index (χ2n) is 4.39. The Hall–Kier alpha value is -2.06. The SMILES string of the molecule is Cn1nccc1CCNc1cccc(S(N)(=O)=O)c1N. The number of para-hydroxylation sites is 1. The zero-order valence-electron chi connectivity index (χ0n) is 11.1. The summed E-state index contributed by atoms with van der Waals surface area (Å²) in [5.41, 5.74) is 7.58. The van der Waals surface area contributed by atoms with Gasteiger partial charge in [-0.25, -0.2) is 13.6 Å². The number of sulfonamides is 1. The Morgan fingerprint density at radius 1 is 1.35 bits per heavy atom. The first-order valence-electron chi connectivity index (χ1n) is 6.01. The van der Waals surface area contributed by atoms with Gasteiger partial charge in [0.1, 0.15) is 4.90 Å². The third-order valence-corrected chi connectivity index (χ3v) is 3.96. The molecule has 0 aliphatic rings. The highest BCUT2D eigenvalue weighted by Gasteiger charge is 2.14. The largest absolute Gasteiger partial charge is 0.396 e. The van der Waals surface area contributed by atoms with Gasteiger partial charge >= 0.3 is 0 Å².